The Morgan fingerprint density at radius 1 is 1.64 bits per heavy atom. The molecule has 2 heteroatoms. The van der Waals surface area contributed by atoms with Crippen molar-refractivity contribution in [3.8, 4) is 0 Å². The second-order valence-corrected chi connectivity index (χ2v) is 2.18. The van der Waals surface area contributed by atoms with E-state index in [0.29, 0.717) is 6.61 Å². The predicted octanol–water partition coefficient (Wildman–Crippen LogP) is 1.52. The molecule has 0 aromatic carbocycles. The van der Waals surface area contributed by atoms with E-state index in [9.17, 15) is 0 Å². The Labute approximate surface area is 68.2 Å². The maximum absolute atomic E-state index is 8.48. The summed E-state index contributed by atoms with van der Waals surface area (Å²) >= 11 is 0. The van der Waals surface area contributed by atoms with Crippen molar-refractivity contribution in [2.24, 2.45) is 0 Å². The van der Waals surface area contributed by atoms with Crippen molar-refractivity contribution >= 4 is 0 Å². The molecule has 0 aromatic rings. The molecule has 0 aliphatic carbocycles. The van der Waals surface area contributed by atoms with Gasteiger partial charge in [-0.1, -0.05) is 18.2 Å². The van der Waals surface area contributed by atoms with Crippen molar-refractivity contribution in [2.45, 2.75) is 19.4 Å². The predicted molar refractivity (Wildman–Crippen MR) is 46.5 cm³/mol. The van der Waals surface area contributed by atoms with Crippen LogP contribution >= 0.6 is 0 Å². The molecule has 0 saturated heterocycles. The summed E-state index contributed by atoms with van der Waals surface area (Å²) in [5.74, 6) is 0. The normalized spacial score (nSPS) is 13.6. The molecule has 0 rings (SSSR count). The lowest BCUT2D eigenvalue weighted by molar-refractivity contribution is 0.0562. The molecule has 0 radical (unpaired) electrons. The first-order valence-electron chi connectivity index (χ1n) is 3.81. The van der Waals surface area contributed by atoms with Crippen LogP contribution in [0.3, 0.4) is 0 Å². The topological polar surface area (TPSA) is 29.5 Å². The molecule has 1 unspecified atom stereocenters. The summed E-state index contributed by atoms with van der Waals surface area (Å²) in [6.07, 6.45) is 6.57. The Hall–Kier alpha value is -0.600. The van der Waals surface area contributed by atoms with Gasteiger partial charge >= 0.3 is 0 Å². The van der Waals surface area contributed by atoms with E-state index in [-0.39, 0.29) is 12.7 Å². The first kappa shape index (κ1) is 10.4. The highest BCUT2D eigenvalue weighted by Gasteiger charge is 1.99. The number of hydrogen-bond donors (Lipinski definition) is 1. The third kappa shape index (κ3) is 5.83. The van der Waals surface area contributed by atoms with Gasteiger partial charge in [0.15, 0.2) is 0 Å². The molecule has 0 aliphatic heterocycles. The molecular formula is C9H16O2. The zero-order valence-electron chi connectivity index (χ0n) is 6.99. The molecule has 0 fully saturated rings. The molecule has 1 N–H and O–H groups in total. The summed E-state index contributed by atoms with van der Waals surface area (Å²) in [5, 5.41) is 8.48. The third-order valence-electron chi connectivity index (χ3n) is 1.23. The fourth-order valence-corrected chi connectivity index (χ4v) is 0.785. The first-order chi connectivity index (χ1) is 5.35. The van der Waals surface area contributed by atoms with E-state index < -0.39 is 0 Å². The van der Waals surface area contributed by atoms with Gasteiger partial charge in [-0.15, -0.1) is 6.58 Å². The monoisotopic (exact) mass is 156 g/mol. The Morgan fingerprint density at radius 3 is 2.82 bits per heavy atom. The van der Waals surface area contributed by atoms with Crippen LogP contribution in [0.15, 0.2) is 24.8 Å². The quantitative estimate of drug-likeness (QED) is 0.591. The molecule has 0 spiro atoms. The van der Waals surface area contributed by atoms with Gasteiger partial charge in [-0.3, -0.25) is 0 Å². The summed E-state index contributed by atoms with van der Waals surface area (Å²) in [4.78, 5) is 0. The van der Waals surface area contributed by atoms with E-state index in [1.165, 1.54) is 0 Å². The van der Waals surface area contributed by atoms with E-state index in [0.717, 1.165) is 6.42 Å². The Morgan fingerprint density at radius 2 is 2.36 bits per heavy atom. The highest BCUT2D eigenvalue weighted by molar-refractivity contribution is 4.90. The molecule has 0 amide bonds. The van der Waals surface area contributed by atoms with Gasteiger partial charge < -0.3 is 9.84 Å². The summed E-state index contributed by atoms with van der Waals surface area (Å²) in [6.45, 7) is 6.02. The molecular weight excluding hydrogens is 140 g/mol. The second-order valence-electron chi connectivity index (χ2n) is 2.18. The van der Waals surface area contributed by atoms with Gasteiger partial charge in [-0.25, -0.2) is 0 Å². The van der Waals surface area contributed by atoms with Crippen molar-refractivity contribution in [1.29, 1.82) is 0 Å². The van der Waals surface area contributed by atoms with Gasteiger partial charge in [0.1, 0.15) is 0 Å². The van der Waals surface area contributed by atoms with Crippen LogP contribution in [0.2, 0.25) is 0 Å². The van der Waals surface area contributed by atoms with Crippen LogP contribution in [0, 0.1) is 0 Å². The van der Waals surface area contributed by atoms with Gasteiger partial charge in [-0.05, 0) is 13.3 Å². The molecule has 64 valence electrons. The van der Waals surface area contributed by atoms with Gasteiger partial charge in [0.2, 0.25) is 0 Å². The Balaban J connectivity index is 3.59. The van der Waals surface area contributed by atoms with Gasteiger partial charge in [0.25, 0.3) is 0 Å². The highest BCUT2D eigenvalue weighted by Crippen LogP contribution is 2.00. The molecule has 0 aromatic heterocycles. The molecule has 0 aliphatic rings. The van der Waals surface area contributed by atoms with E-state index in [1.807, 2.05) is 25.2 Å². The minimum absolute atomic E-state index is 0.0737. The largest absolute Gasteiger partial charge is 0.394 e. The van der Waals surface area contributed by atoms with Gasteiger partial charge in [0, 0.05) is 0 Å². The van der Waals surface area contributed by atoms with E-state index >= 15 is 0 Å². The lowest BCUT2D eigenvalue weighted by Gasteiger charge is -2.10. The van der Waals surface area contributed by atoms with Crippen molar-refractivity contribution in [2.75, 3.05) is 13.2 Å². The van der Waals surface area contributed by atoms with Crippen LogP contribution in [-0.4, -0.2) is 24.4 Å². The smallest absolute Gasteiger partial charge is 0.0791 e. The number of aliphatic hydroxyl groups is 1. The standard InChI is InChI=1S/C9H16O2/c1-3-5-9(6-4-2)11-8-7-10/h3-4,6,9-10H,1,5,7-8H2,2H3/b6-4+. The van der Waals surface area contributed by atoms with Crippen LogP contribution in [0.1, 0.15) is 13.3 Å². The molecule has 11 heavy (non-hydrogen) atoms. The third-order valence-corrected chi connectivity index (χ3v) is 1.23. The zero-order valence-corrected chi connectivity index (χ0v) is 6.99. The molecule has 0 saturated carbocycles. The summed E-state index contributed by atoms with van der Waals surface area (Å²) < 4.78 is 5.26. The Bertz CT molecular complexity index is 119. The number of aliphatic hydroxyl groups excluding tert-OH is 1. The maximum Gasteiger partial charge on any atom is 0.0791 e. The Kier molecular flexibility index (Phi) is 7.10. The molecule has 0 heterocycles. The van der Waals surface area contributed by atoms with Crippen molar-refractivity contribution in [3.63, 3.8) is 0 Å². The van der Waals surface area contributed by atoms with E-state index in [2.05, 4.69) is 6.58 Å². The number of rotatable bonds is 6. The lowest BCUT2D eigenvalue weighted by Crippen LogP contribution is -2.11. The average Bonchev–Trinajstić information content (AvgIpc) is 2.01. The number of allylic oxidation sites excluding steroid dienone is 1. The van der Waals surface area contributed by atoms with Gasteiger partial charge in [0.05, 0.1) is 19.3 Å². The van der Waals surface area contributed by atoms with Crippen LogP contribution < -0.4 is 0 Å². The fraction of sp³-hybridized carbons (Fsp3) is 0.556. The van der Waals surface area contributed by atoms with E-state index in [4.69, 9.17) is 9.84 Å². The van der Waals surface area contributed by atoms with Crippen molar-refractivity contribution < 1.29 is 9.84 Å². The second kappa shape index (κ2) is 7.51. The van der Waals surface area contributed by atoms with E-state index in [1.54, 1.807) is 0 Å². The summed E-state index contributed by atoms with van der Waals surface area (Å²) in [5.41, 5.74) is 0. The van der Waals surface area contributed by atoms with Crippen LogP contribution in [0.5, 0.6) is 0 Å². The van der Waals surface area contributed by atoms with Crippen LogP contribution in [0.25, 0.3) is 0 Å². The van der Waals surface area contributed by atoms with Crippen LogP contribution in [-0.2, 0) is 4.74 Å². The lowest BCUT2D eigenvalue weighted by atomic mass is 10.2. The van der Waals surface area contributed by atoms with Crippen molar-refractivity contribution in [3.05, 3.63) is 24.8 Å². The number of ether oxygens (including phenoxy) is 1. The maximum atomic E-state index is 8.48. The minimum Gasteiger partial charge on any atom is -0.394 e. The van der Waals surface area contributed by atoms with Crippen molar-refractivity contribution in [1.82, 2.24) is 0 Å². The average molecular weight is 156 g/mol. The summed E-state index contributed by atoms with van der Waals surface area (Å²) in [6, 6.07) is 0. The first-order valence-corrected chi connectivity index (χ1v) is 3.81. The SMILES string of the molecule is C=CCC(/C=C/C)OCCO. The minimum atomic E-state index is 0.0737. The molecule has 2 nitrogen and oxygen atoms in total. The molecule has 1 atom stereocenters. The fourth-order valence-electron chi connectivity index (χ4n) is 0.785. The zero-order chi connectivity index (χ0) is 8.53. The highest BCUT2D eigenvalue weighted by atomic mass is 16.5. The van der Waals surface area contributed by atoms with Crippen LogP contribution in [0.4, 0.5) is 0 Å². The number of hydrogen-bond acceptors (Lipinski definition) is 2. The molecule has 0 bridgehead atoms. The van der Waals surface area contributed by atoms with Gasteiger partial charge in [-0.2, -0.15) is 0 Å². The summed E-state index contributed by atoms with van der Waals surface area (Å²) in [7, 11) is 0.